The average Bonchev–Trinajstić information content (AvgIpc) is 2.67. The third-order valence-electron chi connectivity index (χ3n) is 3.87. The molecule has 0 fully saturated rings. The van der Waals surface area contributed by atoms with Gasteiger partial charge in [0.15, 0.2) is 17.5 Å². The summed E-state index contributed by atoms with van der Waals surface area (Å²) in [5.74, 6) is 1.31. The fraction of sp³-hybridized carbons (Fsp3) is 0.316. The lowest BCUT2D eigenvalue weighted by atomic mass is 10.1. The number of aliphatic imine (C=N–C) groups is 1. The van der Waals surface area contributed by atoms with E-state index in [-0.39, 0.29) is 35.9 Å². The molecule has 2 aromatic carbocycles. The molecule has 1 atom stereocenters. The number of benzene rings is 2. The summed E-state index contributed by atoms with van der Waals surface area (Å²) in [6.07, 6.45) is -0.259. The second-order valence-corrected chi connectivity index (χ2v) is 5.55. The van der Waals surface area contributed by atoms with E-state index in [1.165, 1.54) is 12.1 Å². The number of rotatable bonds is 8. The van der Waals surface area contributed by atoms with Gasteiger partial charge < -0.3 is 25.3 Å². The van der Waals surface area contributed by atoms with E-state index in [0.29, 0.717) is 30.5 Å². The number of nitrogens with zero attached hydrogens (tertiary/aromatic N) is 1. The third-order valence-corrected chi connectivity index (χ3v) is 3.87. The number of halogens is 2. The average molecular weight is 489 g/mol. The zero-order chi connectivity index (χ0) is 18.9. The first kappa shape index (κ1) is 23.0. The van der Waals surface area contributed by atoms with E-state index in [0.717, 1.165) is 11.1 Å². The summed E-state index contributed by atoms with van der Waals surface area (Å²) in [7, 11) is 4.76. The van der Waals surface area contributed by atoms with Crippen LogP contribution in [0.1, 0.15) is 17.2 Å². The van der Waals surface area contributed by atoms with Crippen LogP contribution in [0.25, 0.3) is 0 Å². The van der Waals surface area contributed by atoms with Gasteiger partial charge in [-0.3, -0.25) is 0 Å². The quantitative estimate of drug-likeness (QED) is 0.338. The van der Waals surface area contributed by atoms with Crippen molar-refractivity contribution in [1.29, 1.82) is 0 Å². The Labute approximate surface area is 175 Å². The van der Waals surface area contributed by atoms with Crippen LogP contribution >= 0.6 is 24.0 Å². The first-order valence-electron chi connectivity index (χ1n) is 8.10. The molecule has 0 amide bonds. The zero-order valence-electron chi connectivity index (χ0n) is 15.6. The summed E-state index contributed by atoms with van der Waals surface area (Å²) in [6.45, 7) is 0.816. The molecule has 0 saturated carbocycles. The van der Waals surface area contributed by atoms with Gasteiger partial charge in [0, 0.05) is 13.7 Å². The van der Waals surface area contributed by atoms with Gasteiger partial charge in [-0.1, -0.05) is 18.2 Å². The lowest BCUT2D eigenvalue weighted by molar-refractivity contribution is 0.106. The first-order valence-corrected chi connectivity index (χ1v) is 8.10. The first-order chi connectivity index (χ1) is 12.6. The van der Waals surface area contributed by atoms with Gasteiger partial charge in [-0.2, -0.15) is 0 Å². The van der Waals surface area contributed by atoms with E-state index in [1.807, 2.05) is 18.2 Å². The van der Waals surface area contributed by atoms with Crippen molar-refractivity contribution < 1.29 is 18.6 Å². The van der Waals surface area contributed by atoms with Crippen LogP contribution in [0, 0.1) is 5.82 Å². The number of nitrogens with two attached hydrogens (primary N) is 1. The van der Waals surface area contributed by atoms with E-state index in [2.05, 4.69) is 10.3 Å². The molecule has 2 rings (SSSR count). The minimum absolute atomic E-state index is 0. The van der Waals surface area contributed by atoms with Crippen molar-refractivity contribution in [3.8, 4) is 11.5 Å². The Morgan fingerprint density at radius 3 is 2.33 bits per heavy atom. The van der Waals surface area contributed by atoms with Crippen molar-refractivity contribution in [2.75, 3.05) is 27.9 Å². The molecule has 2 aromatic rings. The molecule has 0 aliphatic rings. The Kier molecular flexibility index (Phi) is 9.87. The van der Waals surface area contributed by atoms with Crippen LogP contribution in [0.2, 0.25) is 0 Å². The largest absolute Gasteiger partial charge is 0.493 e. The van der Waals surface area contributed by atoms with Crippen LogP contribution in [0.4, 0.5) is 4.39 Å². The Morgan fingerprint density at radius 1 is 1.07 bits per heavy atom. The van der Waals surface area contributed by atoms with Crippen molar-refractivity contribution in [1.82, 2.24) is 5.32 Å². The maximum Gasteiger partial charge on any atom is 0.189 e. The number of methoxy groups -OCH3 is 3. The van der Waals surface area contributed by atoms with Crippen molar-refractivity contribution >= 4 is 29.9 Å². The highest BCUT2D eigenvalue weighted by Gasteiger charge is 2.11. The highest BCUT2D eigenvalue weighted by molar-refractivity contribution is 14.0. The van der Waals surface area contributed by atoms with Gasteiger partial charge in [0.25, 0.3) is 0 Å². The molecular weight excluding hydrogens is 464 g/mol. The summed E-state index contributed by atoms with van der Waals surface area (Å²) in [5.41, 5.74) is 7.72. The topological polar surface area (TPSA) is 78.1 Å². The highest BCUT2D eigenvalue weighted by Crippen LogP contribution is 2.27. The summed E-state index contributed by atoms with van der Waals surface area (Å²) in [5, 5.41) is 3.02. The van der Waals surface area contributed by atoms with Crippen molar-refractivity contribution in [2.45, 2.75) is 12.6 Å². The Bertz CT molecular complexity index is 741. The second-order valence-electron chi connectivity index (χ2n) is 5.55. The van der Waals surface area contributed by atoms with E-state index < -0.39 is 0 Å². The normalized spacial score (nSPS) is 12.1. The molecule has 0 saturated heterocycles. The Hall–Kier alpha value is -2.07. The summed E-state index contributed by atoms with van der Waals surface area (Å²) >= 11 is 0. The number of hydrogen-bond acceptors (Lipinski definition) is 4. The molecule has 0 heterocycles. The van der Waals surface area contributed by atoms with Gasteiger partial charge in [0.2, 0.25) is 0 Å². The molecule has 27 heavy (non-hydrogen) atoms. The molecule has 6 nitrogen and oxygen atoms in total. The molecule has 0 radical (unpaired) electrons. The van der Waals surface area contributed by atoms with Crippen LogP contribution in [0.3, 0.4) is 0 Å². The summed E-state index contributed by atoms with van der Waals surface area (Å²) < 4.78 is 28.9. The van der Waals surface area contributed by atoms with Gasteiger partial charge in [0.1, 0.15) is 5.82 Å². The maximum atomic E-state index is 13.0. The van der Waals surface area contributed by atoms with Gasteiger partial charge in [-0.05, 0) is 35.4 Å². The molecule has 0 spiro atoms. The molecule has 0 aliphatic heterocycles. The SMILES string of the molecule is COc1ccc(CN=C(N)NCC(OC)c2ccc(F)cc2)cc1OC.I. The number of nitrogens with one attached hydrogen (secondary N) is 1. The van der Waals surface area contributed by atoms with E-state index in [9.17, 15) is 4.39 Å². The molecule has 1 unspecified atom stereocenters. The van der Waals surface area contributed by atoms with Gasteiger partial charge in [-0.15, -0.1) is 24.0 Å². The fourth-order valence-electron chi connectivity index (χ4n) is 2.42. The lowest BCUT2D eigenvalue weighted by Gasteiger charge is -2.17. The number of guanidine groups is 1. The molecule has 0 aromatic heterocycles. The van der Waals surface area contributed by atoms with E-state index in [4.69, 9.17) is 19.9 Å². The summed E-state index contributed by atoms with van der Waals surface area (Å²) in [4.78, 5) is 4.31. The van der Waals surface area contributed by atoms with Gasteiger partial charge >= 0.3 is 0 Å². The van der Waals surface area contributed by atoms with E-state index in [1.54, 1.807) is 33.5 Å². The standard InChI is InChI=1S/C19H24FN3O3.HI/c1-24-16-9-4-13(10-17(16)25-2)11-22-19(21)23-12-18(26-3)14-5-7-15(20)8-6-14;/h4-10,18H,11-12H2,1-3H3,(H3,21,22,23);1H. The summed E-state index contributed by atoms with van der Waals surface area (Å²) in [6, 6.07) is 11.7. The zero-order valence-corrected chi connectivity index (χ0v) is 17.9. The minimum atomic E-state index is -0.285. The maximum absolute atomic E-state index is 13.0. The Morgan fingerprint density at radius 2 is 1.74 bits per heavy atom. The fourth-order valence-corrected chi connectivity index (χ4v) is 2.42. The third kappa shape index (κ3) is 6.87. The monoisotopic (exact) mass is 489 g/mol. The van der Waals surface area contributed by atoms with Crippen LogP contribution in [-0.2, 0) is 11.3 Å². The van der Waals surface area contributed by atoms with Gasteiger partial charge in [-0.25, -0.2) is 9.38 Å². The van der Waals surface area contributed by atoms with Crippen LogP contribution < -0.4 is 20.5 Å². The predicted octanol–water partition coefficient (Wildman–Crippen LogP) is 3.25. The number of hydrogen-bond donors (Lipinski definition) is 2. The van der Waals surface area contributed by atoms with Crippen LogP contribution in [0.5, 0.6) is 11.5 Å². The van der Waals surface area contributed by atoms with Crippen molar-refractivity contribution in [3.05, 3.63) is 59.4 Å². The molecule has 0 aliphatic carbocycles. The Balaban J connectivity index is 0.00000364. The smallest absolute Gasteiger partial charge is 0.189 e. The van der Waals surface area contributed by atoms with Crippen molar-refractivity contribution in [2.24, 2.45) is 10.7 Å². The van der Waals surface area contributed by atoms with Crippen molar-refractivity contribution in [3.63, 3.8) is 0 Å². The van der Waals surface area contributed by atoms with E-state index >= 15 is 0 Å². The molecule has 8 heteroatoms. The van der Waals surface area contributed by atoms with Crippen LogP contribution in [0.15, 0.2) is 47.5 Å². The predicted molar refractivity (Wildman–Crippen MR) is 114 cm³/mol. The van der Waals surface area contributed by atoms with Crippen LogP contribution in [-0.4, -0.2) is 33.8 Å². The van der Waals surface area contributed by atoms with Gasteiger partial charge in [0.05, 0.1) is 26.9 Å². The molecule has 148 valence electrons. The highest BCUT2D eigenvalue weighted by atomic mass is 127. The minimum Gasteiger partial charge on any atom is -0.493 e. The number of ether oxygens (including phenoxy) is 3. The lowest BCUT2D eigenvalue weighted by Crippen LogP contribution is -2.35. The second kappa shape index (κ2) is 11.6. The molecular formula is C19H25FIN3O3. The molecule has 0 bridgehead atoms. The molecule has 3 N–H and O–H groups in total.